The Hall–Kier alpha value is -1.36. The fourth-order valence-electron chi connectivity index (χ4n) is 1.30. The van der Waals surface area contributed by atoms with Crippen molar-refractivity contribution in [1.82, 2.24) is 9.97 Å². The Labute approximate surface area is 95.3 Å². The van der Waals surface area contributed by atoms with E-state index in [1.165, 1.54) is 6.07 Å². The molecule has 90 valence electrons. The van der Waals surface area contributed by atoms with Gasteiger partial charge in [-0.05, 0) is 13.3 Å². The third-order valence-corrected chi connectivity index (χ3v) is 2.10. The van der Waals surface area contributed by atoms with E-state index in [-0.39, 0.29) is 5.56 Å². The molecule has 0 atom stereocenters. The van der Waals surface area contributed by atoms with Crippen LogP contribution in [0.3, 0.4) is 0 Å². The van der Waals surface area contributed by atoms with E-state index in [2.05, 4.69) is 15.3 Å². The summed E-state index contributed by atoms with van der Waals surface area (Å²) in [6.45, 7) is 6.16. The van der Waals surface area contributed by atoms with Crippen molar-refractivity contribution < 1.29 is 4.74 Å². The van der Waals surface area contributed by atoms with Crippen molar-refractivity contribution >= 4 is 5.82 Å². The van der Waals surface area contributed by atoms with E-state index in [1.54, 1.807) is 0 Å². The fraction of sp³-hybridized carbons (Fsp3) is 0.636. The lowest BCUT2D eigenvalue weighted by Gasteiger charge is -2.06. The van der Waals surface area contributed by atoms with Gasteiger partial charge in [0.05, 0.1) is 0 Å². The lowest BCUT2D eigenvalue weighted by molar-refractivity contribution is 0.147. The van der Waals surface area contributed by atoms with Crippen LogP contribution in [0.25, 0.3) is 0 Å². The van der Waals surface area contributed by atoms with Gasteiger partial charge in [-0.15, -0.1) is 0 Å². The first-order valence-electron chi connectivity index (χ1n) is 5.68. The molecule has 0 aliphatic heterocycles. The zero-order valence-electron chi connectivity index (χ0n) is 9.88. The zero-order chi connectivity index (χ0) is 11.8. The maximum atomic E-state index is 11.2. The van der Waals surface area contributed by atoms with Gasteiger partial charge in [0.2, 0.25) is 0 Å². The smallest absolute Gasteiger partial charge is 0.252 e. The van der Waals surface area contributed by atoms with Gasteiger partial charge < -0.3 is 15.0 Å². The van der Waals surface area contributed by atoms with Gasteiger partial charge in [0.1, 0.15) is 11.6 Å². The van der Waals surface area contributed by atoms with Gasteiger partial charge in [-0.25, -0.2) is 4.98 Å². The highest BCUT2D eigenvalue weighted by Gasteiger charge is 1.98. The van der Waals surface area contributed by atoms with Crippen molar-refractivity contribution in [3.63, 3.8) is 0 Å². The molecule has 0 fully saturated rings. The minimum absolute atomic E-state index is 0.112. The quantitative estimate of drug-likeness (QED) is 0.684. The van der Waals surface area contributed by atoms with Crippen LogP contribution in [0.4, 0.5) is 5.82 Å². The van der Waals surface area contributed by atoms with Crippen LogP contribution in [-0.4, -0.2) is 29.7 Å². The number of rotatable bonds is 7. The van der Waals surface area contributed by atoms with Crippen LogP contribution < -0.4 is 10.9 Å². The lowest BCUT2D eigenvalue weighted by Crippen LogP contribution is -2.14. The van der Waals surface area contributed by atoms with E-state index in [9.17, 15) is 4.79 Å². The maximum absolute atomic E-state index is 11.2. The van der Waals surface area contributed by atoms with Gasteiger partial charge in [-0.2, -0.15) is 0 Å². The molecule has 0 bridgehead atoms. The van der Waals surface area contributed by atoms with E-state index in [4.69, 9.17) is 4.74 Å². The van der Waals surface area contributed by atoms with Crippen LogP contribution >= 0.6 is 0 Å². The third kappa shape index (κ3) is 4.44. The van der Waals surface area contributed by atoms with Crippen LogP contribution in [0.1, 0.15) is 26.1 Å². The van der Waals surface area contributed by atoms with E-state index in [1.807, 2.05) is 13.8 Å². The van der Waals surface area contributed by atoms with Crippen molar-refractivity contribution in [2.75, 3.05) is 25.1 Å². The van der Waals surface area contributed by atoms with Crippen molar-refractivity contribution in [3.05, 3.63) is 22.2 Å². The Morgan fingerprint density at radius 3 is 3.00 bits per heavy atom. The minimum atomic E-state index is -0.112. The van der Waals surface area contributed by atoms with E-state index in [0.717, 1.165) is 32.6 Å². The number of aromatic nitrogens is 2. The standard InChI is InChI=1S/C11H19N3O2/c1-3-9-13-10(8-11(15)14-9)12-6-5-7-16-4-2/h8H,3-7H2,1-2H3,(H2,12,13,14,15). The molecule has 0 unspecified atom stereocenters. The summed E-state index contributed by atoms with van der Waals surface area (Å²) in [7, 11) is 0. The summed E-state index contributed by atoms with van der Waals surface area (Å²) >= 11 is 0. The summed E-state index contributed by atoms with van der Waals surface area (Å²) in [5.41, 5.74) is -0.112. The summed E-state index contributed by atoms with van der Waals surface area (Å²) in [4.78, 5) is 18.2. The molecule has 1 aromatic rings. The van der Waals surface area contributed by atoms with Crippen LogP contribution in [0.2, 0.25) is 0 Å². The second-order valence-electron chi connectivity index (χ2n) is 3.41. The van der Waals surface area contributed by atoms with Crippen LogP contribution in [0.5, 0.6) is 0 Å². The first kappa shape index (κ1) is 12.7. The van der Waals surface area contributed by atoms with Gasteiger partial charge in [-0.1, -0.05) is 6.92 Å². The molecule has 0 saturated heterocycles. The Balaban J connectivity index is 2.41. The summed E-state index contributed by atoms with van der Waals surface area (Å²) in [6.07, 6.45) is 1.63. The molecule has 0 saturated carbocycles. The number of nitrogens with one attached hydrogen (secondary N) is 2. The second kappa shape index (κ2) is 7.00. The fourth-order valence-corrected chi connectivity index (χ4v) is 1.30. The molecule has 1 heterocycles. The Bertz CT molecular complexity index is 362. The van der Waals surface area contributed by atoms with Gasteiger partial charge in [0.15, 0.2) is 0 Å². The molecule has 0 aliphatic rings. The first-order chi connectivity index (χ1) is 7.76. The van der Waals surface area contributed by atoms with Crippen molar-refractivity contribution in [3.8, 4) is 0 Å². The number of hydrogen-bond donors (Lipinski definition) is 2. The van der Waals surface area contributed by atoms with E-state index in [0.29, 0.717) is 11.6 Å². The molecule has 0 radical (unpaired) electrons. The monoisotopic (exact) mass is 225 g/mol. The largest absolute Gasteiger partial charge is 0.382 e. The second-order valence-corrected chi connectivity index (χ2v) is 3.41. The molecule has 2 N–H and O–H groups in total. The van der Waals surface area contributed by atoms with Crippen LogP contribution in [0, 0.1) is 0 Å². The normalized spacial score (nSPS) is 10.4. The SMILES string of the molecule is CCOCCCNc1cc(=O)[nH]c(CC)n1. The van der Waals surface area contributed by atoms with Crippen LogP contribution in [0.15, 0.2) is 10.9 Å². The molecule has 16 heavy (non-hydrogen) atoms. The maximum Gasteiger partial charge on any atom is 0.252 e. The number of ether oxygens (including phenoxy) is 1. The van der Waals surface area contributed by atoms with E-state index < -0.39 is 0 Å². The lowest BCUT2D eigenvalue weighted by atomic mass is 10.4. The molecule has 0 spiro atoms. The number of nitrogens with zero attached hydrogens (tertiary/aromatic N) is 1. The van der Waals surface area contributed by atoms with Crippen molar-refractivity contribution in [2.24, 2.45) is 0 Å². The predicted molar refractivity (Wildman–Crippen MR) is 63.8 cm³/mol. The molecular formula is C11H19N3O2. The van der Waals surface area contributed by atoms with Gasteiger partial charge in [0.25, 0.3) is 5.56 Å². The summed E-state index contributed by atoms with van der Waals surface area (Å²) in [5, 5.41) is 3.11. The van der Waals surface area contributed by atoms with Gasteiger partial charge >= 0.3 is 0 Å². The third-order valence-electron chi connectivity index (χ3n) is 2.10. The molecule has 0 amide bonds. The van der Waals surface area contributed by atoms with Gasteiger partial charge in [0, 0.05) is 32.2 Å². The Morgan fingerprint density at radius 1 is 1.50 bits per heavy atom. The molecule has 5 nitrogen and oxygen atoms in total. The molecular weight excluding hydrogens is 206 g/mol. The van der Waals surface area contributed by atoms with Crippen LogP contribution in [-0.2, 0) is 11.2 Å². The first-order valence-corrected chi connectivity index (χ1v) is 5.68. The highest BCUT2D eigenvalue weighted by Crippen LogP contribution is 1.99. The van der Waals surface area contributed by atoms with Crippen molar-refractivity contribution in [2.45, 2.75) is 26.7 Å². The molecule has 1 aromatic heterocycles. The molecule has 1 rings (SSSR count). The molecule has 5 heteroatoms. The van der Waals surface area contributed by atoms with Crippen molar-refractivity contribution in [1.29, 1.82) is 0 Å². The Kier molecular flexibility index (Phi) is 5.56. The highest BCUT2D eigenvalue weighted by atomic mass is 16.5. The minimum Gasteiger partial charge on any atom is -0.382 e. The molecule has 0 aliphatic carbocycles. The summed E-state index contributed by atoms with van der Waals surface area (Å²) in [5.74, 6) is 1.34. The zero-order valence-corrected chi connectivity index (χ0v) is 9.88. The summed E-state index contributed by atoms with van der Waals surface area (Å²) in [6, 6.07) is 1.47. The number of anilines is 1. The number of aryl methyl sites for hydroxylation is 1. The number of hydrogen-bond acceptors (Lipinski definition) is 4. The van der Waals surface area contributed by atoms with E-state index >= 15 is 0 Å². The highest BCUT2D eigenvalue weighted by molar-refractivity contribution is 5.32. The topological polar surface area (TPSA) is 67.0 Å². The number of H-pyrrole nitrogens is 1. The Morgan fingerprint density at radius 2 is 2.31 bits per heavy atom. The number of aromatic amines is 1. The summed E-state index contributed by atoms with van der Waals surface area (Å²) < 4.78 is 5.21. The predicted octanol–water partition coefficient (Wildman–Crippen LogP) is 1.17. The average molecular weight is 225 g/mol. The van der Waals surface area contributed by atoms with Gasteiger partial charge in [-0.3, -0.25) is 4.79 Å². The average Bonchev–Trinajstić information content (AvgIpc) is 2.28. The molecule has 0 aromatic carbocycles.